The Balaban J connectivity index is 1.94. The average molecular weight is 309 g/mol. The van der Waals surface area contributed by atoms with Crippen molar-refractivity contribution in [2.45, 2.75) is 45.1 Å². The summed E-state index contributed by atoms with van der Waals surface area (Å²) in [5.74, 6) is 0.919. The van der Waals surface area contributed by atoms with Gasteiger partial charge in [0, 0.05) is 10.9 Å². The number of carbonyl (C=O) groups is 1. The van der Waals surface area contributed by atoms with E-state index in [0.29, 0.717) is 10.9 Å². The molecular formula is C17H25ClN2O. The van der Waals surface area contributed by atoms with Crippen LogP contribution in [-0.4, -0.2) is 12.5 Å². The highest BCUT2D eigenvalue weighted by atomic mass is 35.5. The molecule has 0 aliphatic heterocycles. The molecule has 0 bridgehead atoms. The molecule has 1 amide bonds. The van der Waals surface area contributed by atoms with Crippen LogP contribution in [0.2, 0.25) is 5.02 Å². The van der Waals surface area contributed by atoms with Gasteiger partial charge < -0.3 is 11.1 Å². The van der Waals surface area contributed by atoms with Crippen molar-refractivity contribution in [2.24, 2.45) is 17.6 Å². The molecule has 0 radical (unpaired) electrons. The first-order valence-corrected chi connectivity index (χ1v) is 8.27. The molecule has 1 saturated carbocycles. The molecule has 1 aliphatic carbocycles. The maximum Gasteiger partial charge on any atom is 0.223 e. The molecule has 1 unspecified atom stereocenters. The van der Waals surface area contributed by atoms with Gasteiger partial charge in [0.15, 0.2) is 0 Å². The van der Waals surface area contributed by atoms with E-state index in [1.807, 2.05) is 24.3 Å². The molecule has 3 nitrogen and oxygen atoms in total. The van der Waals surface area contributed by atoms with E-state index in [0.717, 1.165) is 44.2 Å². The highest BCUT2D eigenvalue weighted by Gasteiger charge is 2.27. The van der Waals surface area contributed by atoms with E-state index >= 15 is 0 Å². The summed E-state index contributed by atoms with van der Waals surface area (Å²) in [6, 6.07) is 7.78. The van der Waals surface area contributed by atoms with Crippen LogP contribution in [0.5, 0.6) is 0 Å². The Morgan fingerprint density at radius 3 is 2.67 bits per heavy atom. The van der Waals surface area contributed by atoms with Crippen molar-refractivity contribution >= 4 is 17.5 Å². The predicted octanol–water partition coefficient (Wildman–Crippen LogP) is 3.67. The lowest BCUT2D eigenvalue weighted by molar-refractivity contribution is -0.127. The molecule has 1 atom stereocenters. The predicted molar refractivity (Wildman–Crippen MR) is 87.1 cm³/mol. The fourth-order valence-corrected chi connectivity index (χ4v) is 3.29. The first kappa shape index (κ1) is 16.3. The van der Waals surface area contributed by atoms with Gasteiger partial charge in [0.1, 0.15) is 0 Å². The van der Waals surface area contributed by atoms with Crippen LogP contribution < -0.4 is 11.1 Å². The minimum Gasteiger partial charge on any atom is -0.349 e. The van der Waals surface area contributed by atoms with E-state index in [9.17, 15) is 4.79 Å². The van der Waals surface area contributed by atoms with E-state index in [1.54, 1.807) is 0 Å². The lowest BCUT2D eigenvalue weighted by Crippen LogP contribution is -2.36. The molecule has 3 N–H and O–H groups in total. The lowest BCUT2D eigenvalue weighted by atomic mass is 9.81. The van der Waals surface area contributed by atoms with Crippen LogP contribution in [-0.2, 0) is 4.79 Å². The molecule has 1 fully saturated rings. The van der Waals surface area contributed by atoms with Gasteiger partial charge in [-0.15, -0.1) is 0 Å². The van der Waals surface area contributed by atoms with Crippen LogP contribution in [0, 0.1) is 11.8 Å². The Hall–Kier alpha value is -1.06. The fraction of sp³-hybridized carbons (Fsp3) is 0.588. The summed E-state index contributed by atoms with van der Waals surface area (Å²) < 4.78 is 0. The van der Waals surface area contributed by atoms with Gasteiger partial charge in [-0.2, -0.15) is 0 Å². The number of halogens is 1. The van der Waals surface area contributed by atoms with Gasteiger partial charge in [0.2, 0.25) is 5.91 Å². The molecule has 0 heterocycles. The number of hydrogen-bond donors (Lipinski definition) is 2. The Morgan fingerprint density at radius 1 is 1.38 bits per heavy atom. The van der Waals surface area contributed by atoms with Crippen molar-refractivity contribution in [3.8, 4) is 0 Å². The maximum atomic E-state index is 12.4. The summed E-state index contributed by atoms with van der Waals surface area (Å²) in [5.41, 5.74) is 6.78. The Morgan fingerprint density at radius 2 is 2.10 bits per heavy atom. The maximum absolute atomic E-state index is 12.4. The number of rotatable bonds is 5. The summed E-state index contributed by atoms with van der Waals surface area (Å²) in [6.45, 7) is 2.83. The second kappa shape index (κ2) is 7.81. The van der Waals surface area contributed by atoms with Gasteiger partial charge in [-0.25, -0.2) is 0 Å². The Bertz CT molecular complexity index is 470. The summed E-state index contributed by atoms with van der Waals surface area (Å²) in [6.07, 6.45) is 4.93. The summed E-state index contributed by atoms with van der Waals surface area (Å²) in [7, 11) is 0. The average Bonchev–Trinajstić information content (AvgIpc) is 2.52. The molecular weight excluding hydrogens is 284 g/mol. The van der Waals surface area contributed by atoms with Crippen molar-refractivity contribution in [3.05, 3.63) is 34.9 Å². The topological polar surface area (TPSA) is 55.1 Å². The second-order valence-electron chi connectivity index (χ2n) is 5.98. The van der Waals surface area contributed by atoms with Crippen LogP contribution >= 0.6 is 11.6 Å². The highest BCUT2D eigenvalue weighted by molar-refractivity contribution is 6.30. The molecule has 4 heteroatoms. The Labute approximate surface area is 132 Å². The zero-order chi connectivity index (χ0) is 15.2. The zero-order valence-electron chi connectivity index (χ0n) is 12.6. The number of amides is 1. The molecule has 0 spiro atoms. The molecule has 1 aromatic rings. The molecule has 1 aromatic carbocycles. The van der Waals surface area contributed by atoms with Crippen LogP contribution in [0.1, 0.15) is 50.6 Å². The van der Waals surface area contributed by atoms with Crippen molar-refractivity contribution < 1.29 is 4.79 Å². The van der Waals surface area contributed by atoms with Gasteiger partial charge in [-0.05, 0) is 62.3 Å². The third-order valence-corrected chi connectivity index (χ3v) is 4.76. The third-order valence-electron chi connectivity index (χ3n) is 4.53. The SMILES string of the molecule is CCC(NC(=O)C1CCC(CN)CC1)c1cccc(Cl)c1. The molecule has 1 aliphatic rings. The van der Waals surface area contributed by atoms with Crippen LogP contribution in [0.25, 0.3) is 0 Å². The molecule has 0 saturated heterocycles. The van der Waals surface area contributed by atoms with Crippen LogP contribution in [0.4, 0.5) is 0 Å². The third kappa shape index (κ3) is 4.45. The van der Waals surface area contributed by atoms with Crippen LogP contribution in [0.3, 0.4) is 0 Å². The van der Waals surface area contributed by atoms with Gasteiger partial charge in [-0.1, -0.05) is 30.7 Å². The van der Waals surface area contributed by atoms with E-state index in [1.165, 1.54) is 0 Å². The van der Waals surface area contributed by atoms with E-state index in [4.69, 9.17) is 17.3 Å². The second-order valence-corrected chi connectivity index (χ2v) is 6.41. The van der Waals surface area contributed by atoms with Gasteiger partial charge in [0.25, 0.3) is 0 Å². The largest absolute Gasteiger partial charge is 0.349 e. The summed E-state index contributed by atoms with van der Waals surface area (Å²) in [4.78, 5) is 12.4. The Kier molecular flexibility index (Phi) is 6.07. The van der Waals surface area contributed by atoms with E-state index in [-0.39, 0.29) is 17.9 Å². The summed E-state index contributed by atoms with van der Waals surface area (Å²) in [5, 5.41) is 3.90. The van der Waals surface area contributed by atoms with Gasteiger partial charge in [-0.3, -0.25) is 4.79 Å². The first-order chi connectivity index (χ1) is 10.1. The lowest BCUT2D eigenvalue weighted by Gasteiger charge is -2.28. The number of hydrogen-bond acceptors (Lipinski definition) is 2. The standard InChI is InChI=1S/C17H25ClN2O/c1-2-16(14-4-3-5-15(18)10-14)20-17(21)13-8-6-12(11-19)7-9-13/h3-5,10,12-13,16H,2,6-9,11,19H2,1H3,(H,20,21). The normalized spacial score (nSPS) is 23.6. The fourth-order valence-electron chi connectivity index (χ4n) is 3.09. The molecule has 2 rings (SSSR count). The summed E-state index contributed by atoms with van der Waals surface area (Å²) >= 11 is 6.04. The zero-order valence-corrected chi connectivity index (χ0v) is 13.4. The van der Waals surface area contributed by atoms with Crippen molar-refractivity contribution in [3.63, 3.8) is 0 Å². The van der Waals surface area contributed by atoms with Gasteiger partial charge >= 0.3 is 0 Å². The van der Waals surface area contributed by atoms with Crippen LogP contribution in [0.15, 0.2) is 24.3 Å². The molecule has 116 valence electrons. The number of nitrogens with two attached hydrogens (primary N) is 1. The van der Waals surface area contributed by atoms with E-state index in [2.05, 4.69) is 12.2 Å². The number of benzene rings is 1. The highest BCUT2D eigenvalue weighted by Crippen LogP contribution is 2.29. The van der Waals surface area contributed by atoms with Gasteiger partial charge in [0.05, 0.1) is 6.04 Å². The number of nitrogens with one attached hydrogen (secondary N) is 1. The molecule has 21 heavy (non-hydrogen) atoms. The minimum absolute atomic E-state index is 0.0448. The minimum atomic E-state index is 0.0448. The number of carbonyl (C=O) groups excluding carboxylic acids is 1. The smallest absolute Gasteiger partial charge is 0.223 e. The van der Waals surface area contributed by atoms with Crippen molar-refractivity contribution in [1.29, 1.82) is 0 Å². The van der Waals surface area contributed by atoms with Crippen molar-refractivity contribution in [1.82, 2.24) is 5.32 Å². The quantitative estimate of drug-likeness (QED) is 0.872. The first-order valence-electron chi connectivity index (χ1n) is 7.90. The van der Waals surface area contributed by atoms with Crippen molar-refractivity contribution in [2.75, 3.05) is 6.54 Å². The monoisotopic (exact) mass is 308 g/mol. The van der Waals surface area contributed by atoms with E-state index < -0.39 is 0 Å². The molecule has 0 aromatic heterocycles.